The van der Waals surface area contributed by atoms with Gasteiger partial charge in [-0.3, -0.25) is 14.9 Å². The molecule has 0 radical (unpaired) electrons. The Morgan fingerprint density at radius 2 is 2.16 bits per heavy atom. The first kappa shape index (κ1) is 15.1. The molecule has 104 valence electrons. The number of likely N-dealkylation sites (N-methyl/N-ethyl adjacent to an activating group) is 1. The van der Waals surface area contributed by atoms with Crippen molar-refractivity contribution >= 4 is 11.6 Å². The van der Waals surface area contributed by atoms with Crippen LogP contribution in [-0.2, 0) is 11.3 Å². The number of carbonyl (C=O) groups is 1. The molecule has 2 N–H and O–H groups in total. The highest BCUT2D eigenvalue weighted by Crippen LogP contribution is 2.19. The lowest BCUT2D eigenvalue weighted by molar-refractivity contribution is -0.385. The summed E-state index contributed by atoms with van der Waals surface area (Å²) in [5.74, 6) is -0.0795. The molecule has 0 saturated heterocycles. The molecule has 6 nitrogen and oxygen atoms in total. The summed E-state index contributed by atoms with van der Waals surface area (Å²) in [4.78, 5) is 21.9. The van der Waals surface area contributed by atoms with E-state index in [4.69, 9.17) is 0 Å². The zero-order valence-electron chi connectivity index (χ0n) is 11.4. The predicted octanol–water partition coefficient (Wildman–Crippen LogP) is 1.52. The standard InChI is InChI=1S/C13H19N3O3/c1-4-14-13(17)10(3)15-8-11-6-5-9(2)12(7-11)16(18)19/h5-7,10,15H,4,8H2,1-3H3,(H,14,17). The molecule has 0 spiro atoms. The minimum atomic E-state index is -0.397. The van der Waals surface area contributed by atoms with Crippen LogP contribution in [0.5, 0.6) is 0 Å². The molecule has 1 unspecified atom stereocenters. The number of nitrogens with zero attached hydrogens (tertiary/aromatic N) is 1. The van der Waals surface area contributed by atoms with Crippen molar-refractivity contribution in [2.24, 2.45) is 0 Å². The van der Waals surface area contributed by atoms with Gasteiger partial charge in [0.05, 0.1) is 11.0 Å². The van der Waals surface area contributed by atoms with Gasteiger partial charge in [0.25, 0.3) is 5.69 Å². The number of nitrogens with one attached hydrogen (secondary N) is 2. The smallest absolute Gasteiger partial charge is 0.272 e. The maximum Gasteiger partial charge on any atom is 0.272 e. The van der Waals surface area contributed by atoms with Gasteiger partial charge >= 0.3 is 0 Å². The zero-order valence-corrected chi connectivity index (χ0v) is 11.4. The van der Waals surface area contributed by atoms with Crippen LogP contribution in [0.4, 0.5) is 5.69 Å². The third kappa shape index (κ3) is 4.33. The Balaban J connectivity index is 2.66. The number of amides is 1. The molecule has 6 heteroatoms. The summed E-state index contributed by atoms with van der Waals surface area (Å²) < 4.78 is 0. The van der Waals surface area contributed by atoms with Gasteiger partial charge in [0, 0.05) is 24.7 Å². The molecule has 0 aliphatic carbocycles. The fourth-order valence-corrected chi connectivity index (χ4v) is 1.65. The number of hydrogen-bond acceptors (Lipinski definition) is 4. The van der Waals surface area contributed by atoms with E-state index < -0.39 is 4.92 Å². The van der Waals surface area contributed by atoms with Gasteiger partial charge in [-0.1, -0.05) is 12.1 Å². The lowest BCUT2D eigenvalue weighted by Gasteiger charge is -2.13. The summed E-state index contributed by atoms with van der Waals surface area (Å²) in [5.41, 5.74) is 1.52. The number of carbonyl (C=O) groups excluding carboxylic acids is 1. The van der Waals surface area contributed by atoms with Crippen molar-refractivity contribution in [3.63, 3.8) is 0 Å². The number of nitro groups is 1. The molecule has 1 aromatic rings. The Bertz CT molecular complexity index is 474. The van der Waals surface area contributed by atoms with Crippen LogP contribution in [0.15, 0.2) is 18.2 Å². The molecule has 0 bridgehead atoms. The Labute approximate surface area is 112 Å². The highest BCUT2D eigenvalue weighted by Gasteiger charge is 2.13. The van der Waals surface area contributed by atoms with E-state index in [9.17, 15) is 14.9 Å². The van der Waals surface area contributed by atoms with Crippen molar-refractivity contribution in [3.8, 4) is 0 Å². The summed E-state index contributed by atoms with van der Waals surface area (Å²) in [7, 11) is 0. The summed E-state index contributed by atoms with van der Waals surface area (Å²) in [6, 6.07) is 4.73. The monoisotopic (exact) mass is 265 g/mol. The lowest BCUT2D eigenvalue weighted by Crippen LogP contribution is -2.41. The highest BCUT2D eigenvalue weighted by atomic mass is 16.6. The number of nitro benzene ring substituents is 1. The van der Waals surface area contributed by atoms with Gasteiger partial charge in [0.15, 0.2) is 0 Å². The summed E-state index contributed by atoms with van der Waals surface area (Å²) >= 11 is 0. The van der Waals surface area contributed by atoms with E-state index in [0.717, 1.165) is 5.56 Å². The second kappa shape index (κ2) is 6.84. The van der Waals surface area contributed by atoms with Crippen molar-refractivity contribution in [1.29, 1.82) is 0 Å². The molecule has 19 heavy (non-hydrogen) atoms. The molecule has 1 aromatic carbocycles. The molecule has 0 aliphatic heterocycles. The molecular weight excluding hydrogens is 246 g/mol. The van der Waals surface area contributed by atoms with Crippen molar-refractivity contribution < 1.29 is 9.72 Å². The second-order valence-electron chi connectivity index (χ2n) is 4.38. The van der Waals surface area contributed by atoms with Gasteiger partial charge in [0.1, 0.15) is 0 Å². The van der Waals surface area contributed by atoms with Crippen LogP contribution in [-0.4, -0.2) is 23.4 Å². The van der Waals surface area contributed by atoms with Crippen LogP contribution < -0.4 is 10.6 Å². The lowest BCUT2D eigenvalue weighted by atomic mass is 10.1. The van der Waals surface area contributed by atoms with Crippen molar-refractivity contribution in [3.05, 3.63) is 39.4 Å². The Morgan fingerprint density at radius 3 is 2.74 bits per heavy atom. The topological polar surface area (TPSA) is 84.3 Å². The normalized spacial score (nSPS) is 11.9. The molecule has 1 rings (SSSR count). The van der Waals surface area contributed by atoms with Crippen LogP contribution in [0.1, 0.15) is 25.0 Å². The van der Waals surface area contributed by atoms with Crippen LogP contribution in [0.25, 0.3) is 0 Å². The maximum atomic E-state index is 11.5. The summed E-state index contributed by atoms with van der Waals surface area (Å²) in [6.45, 7) is 6.31. The molecular formula is C13H19N3O3. The van der Waals surface area contributed by atoms with Gasteiger partial charge in [-0.15, -0.1) is 0 Å². The molecule has 1 amide bonds. The SMILES string of the molecule is CCNC(=O)C(C)NCc1ccc(C)c([N+](=O)[O-])c1. The van der Waals surface area contributed by atoms with E-state index in [-0.39, 0.29) is 17.6 Å². The van der Waals surface area contributed by atoms with E-state index in [1.807, 2.05) is 13.0 Å². The first-order valence-electron chi connectivity index (χ1n) is 6.20. The molecule has 1 atom stereocenters. The number of rotatable bonds is 6. The second-order valence-corrected chi connectivity index (χ2v) is 4.38. The van der Waals surface area contributed by atoms with Gasteiger partial charge in [-0.05, 0) is 26.3 Å². The van der Waals surface area contributed by atoms with Crippen LogP contribution >= 0.6 is 0 Å². The Hall–Kier alpha value is -1.95. The average Bonchev–Trinajstić information content (AvgIpc) is 2.37. The fourth-order valence-electron chi connectivity index (χ4n) is 1.65. The maximum absolute atomic E-state index is 11.5. The number of aryl methyl sites for hydroxylation is 1. The van der Waals surface area contributed by atoms with E-state index in [1.54, 1.807) is 19.9 Å². The third-order valence-electron chi connectivity index (χ3n) is 2.83. The quantitative estimate of drug-likeness (QED) is 0.603. The fraction of sp³-hybridized carbons (Fsp3) is 0.462. The largest absolute Gasteiger partial charge is 0.355 e. The van der Waals surface area contributed by atoms with Gasteiger partial charge < -0.3 is 10.6 Å². The molecule has 0 aromatic heterocycles. The zero-order chi connectivity index (χ0) is 14.4. The van der Waals surface area contributed by atoms with E-state index in [1.165, 1.54) is 6.07 Å². The predicted molar refractivity (Wildman–Crippen MR) is 72.8 cm³/mol. The minimum Gasteiger partial charge on any atom is -0.355 e. The van der Waals surface area contributed by atoms with E-state index >= 15 is 0 Å². The molecule has 0 saturated carbocycles. The van der Waals surface area contributed by atoms with Gasteiger partial charge in [-0.25, -0.2) is 0 Å². The third-order valence-corrected chi connectivity index (χ3v) is 2.83. The molecule has 0 heterocycles. The first-order valence-corrected chi connectivity index (χ1v) is 6.20. The van der Waals surface area contributed by atoms with E-state index in [0.29, 0.717) is 18.7 Å². The van der Waals surface area contributed by atoms with Crippen LogP contribution in [0, 0.1) is 17.0 Å². The first-order chi connectivity index (χ1) is 8.95. The average molecular weight is 265 g/mol. The van der Waals surface area contributed by atoms with Crippen molar-refractivity contribution in [2.75, 3.05) is 6.54 Å². The Kier molecular flexibility index (Phi) is 5.44. The summed E-state index contributed by atoms with van der Waals surface area (Å²) in [5, 5.41) is 16.6. The highest BCUT2D eigenvalue weighted by molar-refractivity contribution is 5.81. The summed E-state index contributed by atoms with van der Waals surface area (Å²) in [6.07, 6.45) is 0. The van der Waals surface area contributed by atoms with Crippen LogP contribution in [0.3, 0.4) is 0 Å². The number of benzene rings is 1. The minimum absolute atomic E-state index is 0.0795. The van der Waals surface area contributed by atoms with E-state index in [2.05, 4.69) is 10.6 Å². The van der Waals surface area contributed by atoms with Crippen molar-refractivity contribution in [1.82, 2.24) is 10.6 Å². The molecule has 0 fully saturated rings. The molecule has 0 aliphatic rings. The van der Waals surface area contributed by atoms with Crippen molar-refractivity contribution in [2.45, 2.75) is 33.4 Å². The Morgan fingerprint density at radius 1 is 1.47 bits per heavy atom. The van der Waals surface area contributed by atoms with Gasteiger partial charge in [-0.2, -0.15) is 0 Å². The number of hydrogen-bond donors (Lipinski definition) is 2. The van der Waals surface area contributed by atoms with Gasteiger partial charge in [0.2, 0.25) is 5.91 Å². The van der Waals surface area contributed by atoms with Crippen LogP contribution in [0.2, 0.25) is 0 Å².